The maximum absolute atomic E-state index is 12.0. The van der Waals surface area contributed by atoms with Crippen LogP contribution < -0.4 is 10.7 Å². The van der Waals surface area contributed by atoms with Crippen LogP contribution in [0.5, 0.6) is 5.75 Å². The molecular formula is C21H19N3O3. The lowest BCUT2D eigenvalue weighted by Gasteiger charge is -2.13. The number of carbonyl (C=O) groups is 2. The number of carbonyl (C=O) groups excluding carboxylic acids is 2. The zero-order chi connectivity index (χ0) is 19.2. The lowest BCUT2D eigenvalue weighted by atomic mass is 10.0. The number of phenolic OH excluding ortho intramolecular Hbond substituents is 1. The minimum absolute atomic E-state index is 0.0360. The summed E-state index contributed by atoms with van der Waals surface area (Å²) >= 11 is 0. The normalized spacial score (nSPS) is 12.0. The molecule has 6 heteroatoms. The highest BCUT2D eigenvalue weighted by Crippen LogP contribution is 2.25. The van der Waals surface area contributed by atoms with Gasteiger partial charge in [-0.25, -0.2) is 5.43 Å². The molecule has 1 unspecified atom stereocenters. The number of hydrogen-bond acceptors (Lipinski definition) is 4. The fourth-order valence-electron chi connectivity index (χ4n) is 2.71. The van der Waals surface area contributed by atoms with E-state index >= 15 is 0 Å². The van der Waals surface area contributed by atoms with Crippen molar-refractivity contribution >= 4 is 28.8 Å². The molecule has 0 aliphatic heterocycles. The fraction of sp³-hybridized carbons (Fsp3) is 0.0952. The first-order valence-corrected chi connectivity index (χ1v) is 8.46. The van der Waals surface area contributed by atoms with Crippen LogP contribution in [0.15, 0.2) is 71.8 Å². The second-order valence-corrected chi connectivity index (χ2v) is 6.02. The van der Waals surface area contributed by atoms with Crippen LogP contribution in [0, 0.1) is 0 Å². The minimum atomic E-state index is -0.881. The van der Waals surface area contributed by atoms with Gasteiger partial charge >= 0.3 is 11.8 Å². The van der Waals surface area contributed by atoms with Crippen LogP contribution in [-0.2, 0) is 9.59 Å². The summed E-state index contributed by atoms with van der Waals surface area (Å²) in [6.45, 7) is 1.79. The maximum Gasteiger partial charge on any atom is 0.329 e. The van der Waals surface area contributed by atoms with Gasteiger partial charge in [-0.05, 0) is 29.3 Å². The van der Waals surface area contributed by atoms with Gasteiger partial charge in [0, 0.05) is 5.56 Å². The van der Waals surface area contributed by atoms with Crippen molar-refractivity contribution in [3.8, 4) is 5.75 Å². The Hall–Kier alpha value is -3.67. The van der Waals surface area contributed by atoms with E-state index in [4.69, 9.17) is 0 Å². The summed E-state index contributed by atoms with van der Waals surface area (Å²) in [6.07, 6.45) is 1.32. The van der Waals surface area contributed by atoms with Gasteiger partial charge in [-0.15, -0.1) is 0 Å². The molecule has 3 N–H and O–H groups in total. The first kappa shape index (κ1) is 18.1. The Balaban J connectivity index is 1.65. The van der Waals surface area contributed by atoms with E-state index in [-0.39, 0.29) is 11.8 Å². The predicted molar refractivity (Wildman–Crippen MR) is 104 cm³/mol. The monoisotopic (exact) mass is 361 g/mol. The lowest BCUT2D eigenvalue weighted by Crippen LogP contribution is -2.39. The van der Waals surface area contributed by atoms with Gasteiger partial charge in [-0.2, -0.15) is 5.10 Å². The molecule has 0 aliphatic rings. The Labute approximate surface area is 156 Å². The molecule has 6 nitrogen and oxygen atoms in total. The third-order valence-corrected chi connectivity index (χ3v) is 4.16. The highest BCUT2D eigenvalue weighted by atomic mass is 16.3. The Morgan fingerprint density at radius 2 is 1.67 bits per heavy atom. The van der Waals surface area contributed by atoms with Gasteiger partial charge in [-0.3, -0.25) is 9.59 Å². The topological polar surface area (TPSA) is 90.8 Å². The lowest BCUT2D eigenvalue weighted by molar-refractivity contribution is -0.139. The van der Waals surface area contributed by atoms with Crippen LogP contribution in [0.1, 0.15) is 24.1 Å². The van der Waals surface area contributed by atoms with Crippen LogP contribution in [0.3, 0.4) is 0 Å². The molecule has 27 heavy (non-hydrogen) atoms. The highest BCUT2D eigenvalue weighted by molar-refractivity contribution is 6.35. The number of aromatic hydroxyl groups is 1. The Morgan fingerprint density at radius 1 is 0.963 bits per heavy atom. The molecule has 3 rings (SSSR count). The van der Waals surface area contributed by atoms with Crippen molar-refractivity contribution in [3.63, 3.8) is 0 Å². The summed E-state index contributed by atoms with van der Waals surface area (Å²) in [6, 6.07) is 19.8. The number of fused-ring (bicyclic) bond motifs is 1. The summed E-state index contributed by atoms with van der Waals surface area (Å²) in [5.74, 6) is -1.63. The summed E-state index contributed by atoms with van der Waals surface area (Å²) < 4.78 is 0. The smallest absolute Gasteiger partial charge is 0.329 e. The number of nitrogens with one attached hydrogen (secondary N) is 2. The summed E-state index contributed by atoms with van der Waals surface area (Å²) in [5, 5.41) is 18.2. The summed E-state index contributed by atoms with van der Waals surface area (Å²) in [5.41, 5.74) is 3.54. The molecule has 0 heterocycles. The second-order valence-electron chi connectivity index (χ2n) is 6.02. The molecule has 0 spiro atoms. The number of rotatable bonds is 4. The van der Waals surface area contributed by atoms with Crippen molar-refractivity contribution in [2.75, 3.05) is 0 Å². The van der Waals surface area contributed by atoms with E-state index in [1.807, 2.05) is 54.6 Å². The Morgan fingerprint density at radius 3 is 2.44 bits per heavy atom. The van der Waals surface area contributed by atoms with E-state index in [1.54, 1.807) is 19.1 Å². The quantitative estimate of drug-likeness (QED) is 0.379. The number of phenols is 1. The zero-order valence-corrected chi connectivity index (χ0v) is 14.7. The molecule has 1 atom stereocenters. The maximum atomic E-state index is 12.0. The molecule has 0 aliphatic carbocycles. The summed E-state index contributed by atoms with van der Waals surface area (Å²) in [7, 11) is 0. The van der Waals surface area contributed by atoms with Crippen molar-refractivity contribution in [1.29, 1.82) is 0 Å². The number of hydrogen-bond donors (Lipinski definition) is 3. The van der Waals surface area contributed by atoms with E-state index in [9.17, 15) is 14.7 Å². The van der Waals surface area contributed by atoms with Gasteiger partial charge < -0.3 is 10.4 Å². The molecule has 2 amide bonds. The number of hydrazone groups is 1. The highest BCUT2D eigenvalue weighted by Gasteiger charge is 2.16. The molecule has 3 aromatic carbocycles. The van der Waals surface area contributed by atoms with Gasteiger partial charge in [-0.1, -0.05) is 60.7 Å². The summed E-state index contributed by atoms with van der Waals surface area (Å²) in [4.78, 5) is 24.0. The Bertz CT molecular complexity index is 1000. The van der Waals surface area contributed by atoms with Gasteiger partial charge in [0.25, 0.3) is 0 Å². The fourth-order valence-corrected chi connectivity index (χ4v) is 2.71. The van der Waals surface area contributed by atoms with E-state index in [0.29, 0.717) is 5.56 Å². The van der Waals surface area contributed by atoms with Crippen LogP contribution in [0.25, 0.3) is 10.8 Å². The molecule has 0 fully saturated rings. The average molecular weight is 361 g/mol. The molecule has 0 saturated carbocycles. The third-order valence-electron chi connectivity index (χ3n) is 4.16. The van der Waals surface area contributed by atoms with Crippen LogP contribution >= 0.6 is 0 Å². The zero-order valence-electron chi connectivity index (χ0n) is 14.7. The van der Waals surface area contributed by atoms with Gasteiger partial charge in [0.05, 0.1) is 12.3 Å². The molecule has 0 saturated heterocycles. The first-order chi connectivity index (χ1) is 13.1. The second kappa shape index (κ2) is 8.14. The van der Waals surface area contributed by atoms with Crippen LogP contribution in [-0.4, -0.2) is 23.1 Å². The number of nitrogens with zero attached hydrogens (tertiary/aromatic N) is 1. The predicted octanol–water partition coefficient (Wildman–Crippen LogP) is 2.87. The van der Waals surface area contributed by atoms with Crippen molar-refractivity contribution in [3.05, 3.63) is 77.9 Å². The molecule has 0 radical (unpaired) electrons. The van der Waals surface area contributed by atoms with Gasteiger partial charge in [0.15, 0.2) is 0 Å². The van der Waals surface area contributed by atoms with Gasteiger partial charge in [0.1, 0.15) is 5.75 Å². The van der Waals surface area contributed by atoms with Crippen molar-refractivity contribution in [2.45, 2.75) is 13.0 Å². The molecule has 0 aromatic heterocycles. The van der Waals surface area contributed by atoms with Gasteiger partial charge in [0.2, 0.25) is 0 Å². The molecule has 0 bridgehead atoms. The third kappa shape index (κ3) is 4.30. The SMILES string of the molecule is CC(NC(=O)C(=O)N/N=C/c1c(O)ccc2ccccc12)c1ccccc1. The van der Waals surface area contributed by atoms with Crippen molar-refractivity contribution in [2.24, 2.45) is 5.10 Å². The minimum Gasteiger partial charge on any atom is -0.507 e. The van der Waals surface area contributed by atoms with Crippen LogP contribution in [0.4, 0.5) is 0 Å². The van der Waals surface area contributed by atoms with Crippen molar-refractivity contribution < 1.29 is 14.7 Å². The largest absolute Gasteiger partial charge is 0.507 e. The Kier molecular flexibility index (Phi) is 5.47. The van der Waals surface area contributed by atoms with Crippen molar-refractivity contribution in [1.82, 2.24) is 10.7 Å². The number of benzene rings is 3. The van der Waals surface area contributed by atoms with Crippen LogP contribution in [0.2, 0.25) is 0 Å². The molecule has 136 valence electrons. The molecular weight excluding hydrogens is 342 g/mol. The molecule has 3 aromatic rings. The first-order valence-electron chi connectivity index (χ1n) is 8.46. The number of amides is 2. The standard InChI is InChI=1S/C21H19N3O3/c1-14(15-7-3-2-4-8-15)23-20(26)21(27)24-22-13-18-17-10-6-5-9-16(17)11-12-19(18)25/h2-14,25H,1H3,(H,23,26)(H,24,27)/b22-13+. The average Bonchev–Trinajstić information content (AvgIpc) is 2.70. The van der Waals surface area contributed by atoms with E-state index in [0.717, 1.165) is 16.3 Å². The van der Waals surface area contributed by atoms with E-state index in [2.05, 4.69) is 15.8 Å². The van der Waals surface area contributed by atoms with E-state index < -0.39 is 11.8 Å². The van der Waals surface area contributed by atoms with E-state index in [1.165, 1.54) is 6.21 Å².